The van der Waals surface area contributed by atoms with E-state index in [2.05, 4.69) is 35.9 Å². The average molecular weight is 387 g/mol. The van der Waals surface area contributed by atoms with Crippen LogP contribution in [0.5, 0.6) is 0 Å². The van der Waals surface area contributed by atoms with Crippen LogP contribution < -0.4 is 4.72 Å². The van der Waals surface area contributed by atoms with Crippen molar-refractivity contribution >= 4 is 21.6 Å². The van der Waals surface area contributed by atoms with Crippen LogP contribution >= 0.6 is 0 Å². The van der Waals surface area contributed by atoms with Gasteiger partial charge < -0.3 is 4.90 Å². The maximum atomic E-state index is 12.9. The summed E-state index contributed by atoms with van der Waals surface area (Å²) >= 11 is 0. The van der Waals surface area contributed by atoms with Gasteiger partial charge in [-0.15, -0.1) is 0 Å². The number of rotatable bonds is 4. The van der Waals surface area contributed by atoms with E-state index in [9.17, 15) is 13.2 Å². The van der Waals surface area contributed by atoms with E-state index in [1.54, 1.807) is 18.2 Å². The Labute approximate surface area is 161 Å². The first-order valence-electron chi connectivity index (χ1n) is 9.17. The maximum Gasteiger partial charge on any atom is 0.253 e. The van der Waals surface area contributed by atoms with Crippen LogP contribution in [-0.2, 0) is 10.0 Å². The minimum Gasteiger partial charge on any atom is -0.339 e. The van der Waals surface area contributed by atoms with Gasteiger partial charge in [0.25, 0.3) is 5.91 Å². The van der Waals surface area contributed by atoms with Gasteiger partial charge in [0.2, 0.25) is 10.0 Å². The van der Waals surface area contributed by atoms with Crippen LogP contribution in [-0.4, -0.2) is 38.6 Å². The predicted octanol–water partition coefficient (Wildman–Crippen LogP) is 3.69. The van der Waals surface area contributed by atoms with Gasteiger partial charge in [0, 0.05) is 18.7 Å². The summed E-state index contributed by atoms with van der Waals surface area (Å²) in [6.45, 7) is 5.31. The third kappa shape index (κ3) is 4.89. The minimum absolute atomic E-state index is 0.0473. The van der Waals surface area contributed by atoms with Crippen molar-refractivity contribution in [3.63, 3.8) is 0 Å². The molecule has 0 unspecified atom stereocenters. The fraction of sp³-hybridized carbons (Fsp3) is 0.381. The number of carbonyl (C=O) groups excluding carboxylic acids is 1. The van der Waals surface area contributed by atoms with Crippen molar-refractivity contribution in [3.8, 4) is 0 Å². The Kier molecular flexibility index (Phi) is 5.56. The second kappa shape index (κ2) is 7.72. The van der Waals surface area contributed by atoms with Crippen LogP contribution in [0.25, 0.3) is 0 Å². The molecule has 1 saturated heterocycles. The van der Waals surface area contributed by atoms with E-state index in [1.807, 2.05) is 11.8 Å². The molecule has 27 heavy (non-hydrogen) atoms. The number of nitrogens with one attached hydrogen (secondary N) is 1. The number of benzene rings is 2. The zero-order valence-electron chi connectivity index (χ0n) is 16.0. The van der Waals surface area contributed by atoms with Gasteiger partial charge in [0.05, 0.1) is 11.9 Å². The molecule has 2 aromatic carbocycles. The second-order valence-corrected chi connectivity index (χ2v) is 9.13. The van der Waals surface area contributed by atoms with Crippen molar-refractivity contribution in [2.24, 2.45) is 0 Å². The molecular formula is C21H26N2O3S. The first kappa shape index (κ1) is 19.4. The van der Waals surface area contributed by atoms with Crippen molar-refractivity contribution in [2.75, 3.05) is 24.1 Å². The summed E-state index contributed by atoms with van der Waals surface area (Å²) in [5, 5.41) is 0. The lowest BCUT2D eigenvalue weighted by atomic mass is 9.89. The van der Waals surface area contributed by atoms with Gasteiger partial charge >= 0.3 is 0 Å². The number of sulfonamides is 1. The summed E-state index contributed by atoms with van der Waals surface area (Å²) in [4.78, 5) is 14.7. The Bertz CT molecular complexity index is 928. The number of hydrogen-bond donors (Lipinski definition) is 1. The summed E-state index contributed by atoms with van der Waals surface area (Å²) in [7, 11) is -3.38. The van der Waals surface area contributed by atoms with Crippen LogP contribution in [0.3, 0.4) is 0 Å². The summed E-state index contributed by atoms with van der Waals surface area (Å²) in [5.41, 5.74) is 4.35. The van der Waals surface area contributed by atoms with Crippen molar-refractivity contribution in [1.29, 1.82) is 0 Å². The Hall–Kier alpha value is -2.34. The van der Waals surface area contributed by atoms with Crippen molar-refractivity contribution in [2.45, 2.75) is 32.6 Å². The van der Waals surface area contributed by atoms with E-state index in [-0.39, 0.29) is 5.91 Å². The minimum atomic E-state index is -3.38. The van der Waals surface area contributed by atoms with Crippen molar-refractivity contribution < 1.29 is 13.2 Å². The van der Waals surface area contributed by atoms with Crippen molar-refractivity contribution in [1.82, 2.24) is 4.90 Å². The normalized spacial score (nSPS) is 15.6. The van der Waals surface area contributed by atoms with E-state index < -0.39 is 10.0 Å². The van der Waals surface area contributed by atoms with E-state index in [1.165, 1.54) is 11.1 Å². The van der Waals surface area contributed by atoms with Gasteiger partial charge in [0.1, 0.15) is 0 Å². The van der Waals surface area contributed by atoms with Crippen LogP contribution in [0.4, 0.5) is 5.69 Å². The fourth-order valence-electron chi connectivity index (χ4n) is 3.50. The number of nitrogens with zero attached hydrogens (tertiary/aromatic N) is 1. The largest absolute Gasteiger partial charge is 0.339 e. The standard InChI is InChI=1S/C21H26N2O3S/c1-15-4-7-17(8-5-15)18-10-12-23(13-11-18)21(24)19-9-6-16(2)20(14-19)22-27(3,25)26/h4-9,14,18,22H,10-13H2,1-3H3. The molecule has 1 heterocycles. The molecule has 0 aromatic heterocycles. The first-order chi connectivity index (χ1) is 12.7. The Balaban J connectivity index is 1.69. The first-order valence-corrected chi connectivity index (χ1v) is 11.1. The number of likely N-dealkylation sites (tertiary alicyclic amines) is 1. The van der Waals surface area contributed by atoms with E-state index in [4.69, 9.17) is 0 Å². The molecule has 144 valence electrons. The van der Waals surface area contributed by atoms with Gasteiger partial charge in [-0.25, -0.2) is 8.42 Å². The third-order valence-electron chi connectivity index (χ3n) is 5.11. The van der Waals surface area contributed by atoms with Crippen LogP contribution in [0, 0.1) is 13.8 Å². The molecule has 1 aliphatic rings. The second-order valence-electron chi connectivity index (χ2n) is 7.38. The SMILES string of the molecule is Cc1ccc(C2CCN(C(=O)c3ccc(C)c(NS(C)(=O)=O)c3)CC2)cc1. The Morgan fingerprint density at radius 3 is 2.26 bits per heavy atom. The number of hydrogen-bond acceptors (Lipinski definition) is 3. The van der Waals surface area contributed by atoms with Gasteiger partial charge in [-0.3, -0.25) is 9.52 Å². The number of amides is 1. The molecular weight excluding hydrogens is 360 g/mol. The Morgan fingerprint density at radius 2 is 1.67 bits per heavy atom. The van der Waals surface area contributed by atoms with Crippen LogP contribution in [0.1, 0.15) is 45.8 Å². The quantitative estimate of drug-likeness (QED) is 0.871. The lowest BCUT2D eigenvalue weighted by Gasteiger charge is -2.32. The van der Waals surface area contributed by atoms with Crippen LogP contribution in [0.2, 0.25) is 0 Å². The number of piperidine rings is 1. The average Bonchev–Trinajstić information content (AvgIpc) is 2.63. The molecule has 6 heteroatoms. The monoisotopic (exact) mass is 386 g/mol. The molecule has 0 radical (unpaired) electrons. The molecule has 0 spiro atoms. The van der Waals surface area contributed by atoms with E-state index in [0.717, 1.165) is 24.7 Å². The van der Waals surface area contributed by atoms with E-state index in [0.29, 0.717) is 30.3 Å². The Morgan fingerprint density at radius 1 is 1.04 bits per heavy atom. The topological polar surface area (TPSA) is 66.5 Å². The number of carbonyl (C=O) groups is 1. The zero-order valence-corrected chi connectivity index (χ0v) is 16.8. The predicted molar refractivity (Wildman–Crippen MR) is 109 cm³/mol. The number of aryl methyl sites for hydroxylation is 2. The van der Waals surface area contributed by atoms with Crippen molar-refractivity contribution in [3.05, 3.63) is 64.7 Å². The molecule has 0 aliphatic carbocycles. The maximum absolute atomic E-state index is 12.9. The summed E-state index contributed by atoms with van der Waals surface area (Å²) < 4.78 is 25.5. The summed E-state index contributed by atoms with van der Waals surface area (Å²) in [6.07, 6.45) is 2.99. The van der Waals surface area contributed by atoms with Gasteiger partial charge in [0.15, 0.2) is 0 Å². The van der Waals surface area contributed by atoms with Gasteiger partial charge in [-0.2, -0.15) is 0 Å². The van der Waals surface area contributed by atoms with Gasteiger partial charge in [-0.1, -0.05) is 35.9 Å². The highest BCUT2D eigenvalue weighted by atomic mass is 32.2. The zero-order chi connectivity index (χ0) is 19.6. The lowest BCUT2D eigenvalue weighted by molar-refractivity contribution is 0.0713. The smallest absolute Gasteiger partial charge is 0.253 e. The molecule has 5 nitrogen and oxygen atoms in total. The fourth-order valence-corrected chi connectivity index (χ4v) is 4.12. The molecule has 3 rings (SSSR count). The number of anilines is 1. The van der Waals surface area contributed by atoms with Gasteiger partial charge in [-0.05, 0) is 55.9 Å². The molecule has 0 saturated carbocycles. The molecule has 0 atom stereocenters. The molecule has 1 amide bonds. The van der Waals surface area contributed by atoms with Crippen LogP contribution in [0.15, 0.2) is 42.5 Å². The summed E-state index contributed by atoms with van der Waals surface area (Å²) in [6, 6.07) is 13.8. The summed E-state index contributed by atoms with van der Waals surface area (Å²) in [5.74, 6) is 0.434. The molecule has 1 aliphatic heterocycles. The highest BCUT2D eigenvalue weighted by molar-refractivity contribution is 7.92. The third-order valence-corrected chi connectivity index (χ3v) is 5.70. The van der Waals surface area contributed by atoms with E-state index >= 15 is 0 Å². The highest BCUT2D eigenvalue weighted by Gasteiger charge is 2.25. The molecule has 1 fully saturated rings. The molecule has 0 bridgehead atoms. The highest BCUT2D eigenvalue weighted by Crippen LogP contribution is 2.29. The molecule has 1 N–H and O–H groups in total. The lowest BCUT2D eigenvalue weighted by Crippen LogP contribution is -2.38. The molecule has 2 aromatic rings.